The van der Waals surface area contributed by atoms with Crippen LogP contribution in [0, 0.1) is 6.92 Å². The van der Waals surface area contributed by atoms with Gasteiger partial charge in [0.05, 0.1) is 10.4 Å². The molecule has 0 atom stereocenters. The molecule has 9 nitrogen and oxygen atoms in total. The number of aromatic nitrogens is 2. The maximum Gasteiger partial charge on any atom is 0.417 e. The number of fused-ring (bicyclic) bond motifs is 1. The molecule has 2 aromatic carbocycles. The Morgan fingerprint density at radius 1 is 1.17 bits per heavy atom. The molecule has 10 heteroatoms. The molecule has 4 aromatic rings. The zero-order chi connectivity index (χ0) is 20.8. The zero-order valence-electron chi connectivity index (χ0n) is 15.0. The third-order valence-electron chi connectivity index (χ3n) is 4.38. The summed E-state index contributed by atoms with van der Waals surface area (Å²) in [4.78, 5) is 25.0. The number of rotatable bonds is 5. The van der Waals surface area contributed by atoms with E-state index in [9.17, 15) is 23.1 Å². The monoisotopic (exact) mass is 413 g/mol. The largest absolute Gasteiger partial charge is 0.477 e. The lowest BCUT2D eigenvalue weighted by Crippen LogP contribution is -2.13. The topological polar surface area (TPSA) is 134 Å². The van der Waals surface area contributed by atoms with Gasteiger partial charge in [-0.1, -0.05) is 0 Å². The summed E-state index contributed by atoms with van der Waals surface area (Å²) in [5.41, 5.74) is 2.24. The number of H-pyrrole nitrogens is 1. The summed E-state index contributed by atoms with van der Waals surface area (Å²) in [6, 6.07) is 11.9. The van der Waals surface area contributed by atoms with Gasteiger partial charge in [-0.05, 0) is 55.0 Å². The second-order valence-corrected chi connectivity index (χ2v) is 8.03. The molecule has 0 unspecified atom stereocenters. The number of hydrogen-bond acceptors (Lipinski definition) is 5. The molecule has 2 aromatic heterocycles. The van der Waals surface area contributed by atoms with Gasteiger partial charge in [-0.3, -0.25) is 9.71 Å². The Hall–Kier alpha value is -3.79. The van der Waals surface area contributed by atoms with Crippen molar-refractivity contribution in [2.24, 2.45) is 0 Å². The molecular weight excluding hydrogens is 398 g/mol. The molecule has 0 amide bonds. The van der Waals surface area contributed by atoms with E-state index >= 15 is 0 Å². The van der Waals surface area contributed by atoms with Crippen LogP contribution in [0.15, 0.2) is 68.8 Å². The number of carbonyl (C=O) groups is 1. The van der Waals surface area contributed by atoms with Gasteiger partial charge in [-0.15, -0.1) is 0 Å². The molecule has 0 aliphatic rings. The number of carboxylic acid groups (broad SMARTS) is 1. The molecule has 0 bridgehead atoms. The summed E-state index contributed by atoms with van der Waals surface area (Å²) >= 11 is 0. The fourth-order valence-corrected chi connectivity index (χ4v) is 4.13. The first-order valence-electron chi connectivity index (χ1n) is 8.42. The number of nitrogens with one attached hydrogen (secondary N) is 2. The number of benzene rings is 2. The van der Waals surface area contributed by atoms with Crippen molar-refractivity contribution in [3.8, 4) is 5.69 Å². The second-order valence-electron chi connectivity index (χ2n) is 6.35. The Morgan fingerprint density at radius 3 is 2.69 bits per heavy atom. The van der Waals surface area contributed by atoms with Gasteiger partial charge in [-0.25, -0.2) is 18.0 Å². The molecule has 0 saturated heterocycles. The minimum atomic E-state index is -3.93. The molecule has 0 aliphatic carbocycles. The van der Waals surface area contributed by atoms with Crippen LogP contribution in [0.25, 0.3) is 16.8 Å². The highest BCUT2D eigenvalue weighted by molar-refractivity contribution is 7.92. The Kier molecular flexibility index (Phi) is 4.27. The normalized spacial score (nSPS) is 11.6. The zero-order valence-corrected chi connectivity index (χ0v) is 15.9. The van der Waals surface area contributed by atoms with Gasteiger partial charge < -0.3 is 14.1 Å². The van der Waals surface area contributed by atoms with Crippen molar-refractivity contribution in [2.45, 2.75) is 11.8 Å². The molecule has 0 radical (unpaired) electrons. The van der Waals surface area contributed by atoms with Crippen LogP contribution in [0.4, 0.5) is 5.69 Å². The van der Waals surface area contributed by atoms with Crippen LogP contribution in [0.5, 0.6) is 0 Å². The fourth-order valence-electron chi connectivity index (χ4n) is 3.06. The second kappa shape index (κ2) is 6.67. The standard InChI is InChI=1S/C19H15N3O6S/c1-11-9-12(4-7-15(11)22-8-2-3-16(22)18(23)24)21-29(26,27)13-5-6-14-17(10-13)28-19(25)20-14/h2-10,21H,1H3,(H,20,25)(H,23,24). The maximum atomic E-state index is 12.7. The third kappa shape index (κ3) is 3.41. The van der Waals surface area contributed by atoms with Crippen molar-refractivity contribution < 1.29 is 22.7 Å². The molecule has 3 N–H and O–H groups in total. The smallest absolute Gasteiger partial charge is 0.417 e. The Labute approximate surface area is 164 Å². The third-order valence-corrected chi connectivity index (χ3v) is 5.76. The highest BCUT2D eigenvalue weighted by atomic mass is 32.2. The van der Waals surface area contributed by atoms with E-state index in [-0.39, 0.29) is 16.2 Å². The van der Waals surface area contributed by atoms with Gasteiger partial charge in [0.2, 0.25) is 0 Å². The lowest BCUT2D eigenvalue weighted by atomic mass is 10.1. The molecule has 0 saturated carbocycles. The van der Waals surface area contributed by atoms with Crippen molar-refractivity contribution in [3.05, 3.63) is 76.5 Å². The van der Waals surface area contributed by atoms with Crippen molar-refractivity contribution in [2.75, 3.05) is 4.72 Å². The van der Waals surface area contributed by atoms with Gasteiger partial charge in [0.15, 0.2) is 5.58 Å². The van der Waals surface area contributed by atoms with E-state index in [0.717, 1.165) is 0 Å². The maximum absolute atomic E-state index is 12.7. The van der Waals surface area contributed by atoms with E-state index in [0.29, 0.717) is 22.5 Å². The average molecular weight is 413 g/mol. The number of anilines is 1. The molecule has 0 fully saturated rings. The van der Waals surface area contributed by atoms with Crippen LogP contribution in [-0.2, 0) is 10.0 Å². The van der Waals surface area contributed by atoms with Crippen molar-refractivity contribution in [1.82, 2.24) is 9.55 Å². The van der Waals surface area contributed by atoms with Crippen LogP contribution in [-0.4, -0.2) is 29.0 Å². The fraction of sp³-hybridized carbons (Fsp3) is 0.0526. The molecule has 0 spiro atoms. The molecular formula is C19H15N3O6S. The molecule has 148 valence electrons. The molecule has 4 rings (SSSR count). The Bertz CT molecular complexity index is 1410. The van der Waals surface area contributed by atoms with Crippen LogP contribution in [0.1, 0.15) is 16.1 Å². The summed E-state index contributed by atoms with van der Waals surface area (Å²) in [5.74, 6) is -1.73. The average Bonchev–Trinajstić information content (AvgIpc) is 3.26. The number of hydrogen-bond donors (Lipinski definition) is 3. The predicted molar refractivity (Wildman–Crippen MR) is 105 cm³/mol. The van der Waals surface area contributed by atoms with E-state index in [2.05, 4.69) is 9.71 Å². The van der Waals surface area contributed by atoms with Gasteiger partial charge in [0.25, 0.3) is 10.0 Å². The van der Waals surface area contributed by atoms with Gasteiger partial charge in [-0.2, -0.15) is 0 Å². The van der Waals surface area contributed by atoms with E-state index < -0.39 is 21.7 Å². The van der Waals surface area contributed by atoms with Crippen molar-refractivity contribution in [3.63, 3.8) is 0 Å². The number of carboxylic acids is 1. The minimum absolute atomic E-state index is 0.0620. The van der Waals surface area contributed by atoms with Crippen LogP contribution in [0.3, 0.4) is 0 Å². The quantitative estimate of drug-likeness (QED) is 0.460. The van der Waals surface area contributed by atoms with Crippen molar-refractivity contribution >= 4 is 32.8 Å². The number of nitrogens with zero attached hydrogens (tertiary/aromatic N) is 1. The summed E-state index contributed by atoms with van der Waals surface area (Å²) < 4.78 is 34.3. The van der Waals surface area contributed by atoms with Crippen LogP contribution >= 0.6 is 0 Å². The number of aromatic amines is 1. The molecule has 2 heterocycles. The number of oxazole rings is 1. The first kappa shape index (κ1) is 18.6. The first-order valence-corrected chi connectivity index (χ1v) is 9.90. The van der Waals surface area contributed by atoms with Crippen LogP contribution < -0.4 is 10.5 Å². The van der Waals surface area contributed by atoms with Crippen molar-refractivity contribution in [1.29, 1.82) is 0 Å². The van der Waals surface area contributed by atoms with Gasteiger partial charge >= 0.3 is 11.7 Å². The van der Waals surface area contributed by atoms with Crippen LogP contribution in [0.2, 0.25) is 0 Å². The minimum Gasteiger partial charge on any atom is -0.477 e. The summed E-state index contributed by atoms with van der Waals surface area (Å²) in [5, 5.41) is 9.28. The first-order chi connectivity index (χ1) is 13.7. The molecule has 29 heavy (non-hydrogen) atoms. The summed E-state index contributed by atoms with van der Waals surface area (Å²) in [6.07, 6.45) is 1.62. The van der Waals surface area contributed by atoms with E-state index in [1.54, 1.807) is 37.4 Å². The number of sulfonamides is 1. The SMILES string of the molecule is Cc1cc(NS(=O)(=O)c2ccc3[nH]c(=O)oc3c2)ccc1-n1cccc1C(=O)O. The van der Waals surface area contributed by atoms with E-state index in [1.807, 2.05) is 0 Å². The highest BCUT2D eigenvalue weighted by Gasteiger charge is 2.17. The predicted octanol–water partition coefficient (Wildman–Crippen LogP) is 2.72. The highest BCUT2D eigenvalue weighted by Crippen LogP contribution is 2.24. The molecule has 0 aliphatic heterocycles. The van der Waals surface area contributed by atoms with Gasteiger partial charge in [0, 0.05) is 23.6 Å². The number of aryl methyl sites for hydroxylation is 1. The van der Waals surface area contributed by atoms with Gasteiger partial charge in [0.1, 0.15) is 5.69 Å². The summed E-state index contributed by atoms with van der Waals surface area (Å²) in [6.45, 7) is 1.75. The Morgan fingerprint density at radius 2 is 1.97 bits per heavy atom. The number of aromatic carboxylic acids is 1. The van der Waals surface area contributed by atoms with E-state index in [4.69, 9.17) is 4.42 Å². The lowest BCUT2D eigenvalue weighted by molar-refractivity contribution is 0.0688. The van der Waals surface area contributed by atoms with E-state index in [1.165, 1.54) is 28.8 Å². The summed E-state index contributed by atoms with van der Waals surface area (Å²) in [7, 11) is -3.93. The lowest BCUT2D eigenvalue weighted by Gasteiger charge is -2.13. The Balaban J connectivity index is 1.66.